The molecule has 0 N–H and O–H groups in total. The molecule has 6 heteroatoms. The Morgan fingerprint density at radius 3 is 2.03 bits per heavy atom. The lowest BCUT2D eigenvalue weighted by atomic mass is 10.1. The lowest BCUT2D eigenvalue weighted by Crippen LogP contribution is -2.47. The number of nitrogens with zero attached hydrogens (tertiary/aromatic N) is 4. The van der Waals surface area contributed by atoms with Crippen LogP contribution in [0.25, 0.3) is 11.0 Å². The second-order valence-corrected chi connectivity index (χ2v) is 9.04. The van der Waals surface area contributed by atoms with Crippen LogP contribution in [0.3, 0.4) is 0 Å². The Bertz CT molecular complexity index is 1160. The van der Waals surface area contributed by atoms with Crippen LogP contribution >= 0.6 is 0 Å². The lowest BCUT2D eigenvalue weighted by Gasteiger charge is -2.37. The Labute approximate surface area is 190 Å². The van der Waals surface area contributed by atoms with Crippen molar-refractivity contribution in [3.05, 3.63) is 58.3 Å². The highest BCUT2D eigenvalue weighted by atomic mass is 16.5. The van der Waals surface area contributed by atoms with Crippen molar-refractivity contribution in [1.82, 2.24) is 9.97 Å². The molecule has 1 aromatic heterocycles. The molecule has 0 radical (unpaired) electrons. The Hall–Kier alpha value is -3.15. The molecule has 0 amide bonds. The summed E-state index contributed by atoms with van der Waals surface area (Å²) in [6.07, 6.45) is -0.214. The molecule has 1 aliphatic rings. The number of aryl methyl sites for hydroxylation is 4. The van der Waals surface area contributed by atoms with Crippen molar-refractivity contribution < 1.29 is 9.53 Å². The maximum atomic E-state index is 12.9. The van der Waals surface area contributed by atoms with Crippen molar-refractivity contribution in [3.63, 3.8) is 0 Å². The molecule has 0 spiro atoms. The van der Waals surface area contributed by atoms with Crippen LogP contribution in [0.15, 0.2) is 30.3 Å². The minimum absolute atomic E-state index is 0.214. The smallest absolute Gasteiger partial charge is 0.361 e. The molecule has 0 atom stereocenters. The van der Waals surface area contributed by atoms with E-state index in [2.05, 4.69) is 48.8 Å². The van der Waals surface area contributed by atoms with Crippen LogP contribution in [0.4, 0.5) is 11.5 Å². The summed E-state index contributed by atoms with van der Waals surface area (Å²) in [4.78, 5) is 27.1. The number of ether oxygens (including phenoxy) is 1. The second-order valence-electron chi connectivity index (χ2n) is 9.04. The molecule has 168 valence electrons. The van der Waals surface area contributed by atoms with E-state index >= 15 is 0 Å². The predicted octanol–water partition coefficient (Wildman–Crippen LogP) is 4.76. The Morgan fingerprint density at radius 1 is 0.844 bits per heavy atom. The summed E-state index contributed by atoms with van der Waals surface area (Å²) in [6.45, 7) is 15.3. The van der Waals surface area contributed by atoms with E-state index in [-0.39, 0.29) is 6.10 Å². The molecule has 2 aromatic carbocycles. The highest BCUT2D eigenvalue weighted by molar-refractivity contribution is 5.95. The summed E-state index contributed by atoms with van der Waals surface area (Å²) in [5.74, 6) is 0.200. The molecule has 1 aliphatic heterocycles. The molecule has 1 fully saturated rings. The zero-order chi connectivity index (χ0) is 23.0. The van der Waals surface area contributed by atoms with Gasteiger partial charge < -0.3 is 14.5 Å². The van der Waals surface area contributed by atoms with Gasteiger partial charge in [0.05, 0.1) is 17.1 Å². The zero-order valence-corrected chi connectivity index (χ0v) is 19.9. The number of hydrogen-bond donors (Lipinski definition) is 0. The van der Waals surface area contributed by atoms with Crippen molar-refractivity contribution in [3.8, 4) is 0 Å². The van der Waals surface area contributed by atoms with E-state index in [1.807, 2.05) is 32.9 Å². The molecule has 32 heavy (non-hydrogen) atoms. The maximum absolute atomic E-state index is 12.9. The van der Waals surface area contributed by atoms with Gasteiger partial charge in [-0.15, -0.1) is 0 Å². The lowest BCUT2D eigenvalue weighted by molar-refractivity contribution is 0.0371. The average Bonchev–Trinajstić information content (AvgIpc) is 2.73. The van der Waals surface area contributed by atoms with Crippen molar-refractivity contribution in [2.75, 3.05) is 36.0 Å². The quantitative estimate of drug-likeness (QED) is 0.554. The fourth-order valence-corrected chi connectivity index (χ4v) is 4.25. The molecule has 6 nitrogen and oxygen atoms in total. The van der Waals surface area contributed by atoms with Crippen LogP contribution in [0.5, 0.6) is 0 Å². The summed E-state index contributed by atoms with van der Waals surface area (Å²) in [6, 6.07) is 10.6. The van der Waals surface area contributed by atoms with E-state index < -0.39 is 5.97 Å². The van der Waals surface area contributed by atoms with Gasteiger partial charge in [-0.2, -0.15) is 0 Å². The van der Waals surface area contributed by atoms with Crippen molar-refractivity contribution in [2.45, 2.75) is 47.6 Å². The Balaban J connectivity index is 1.66. The minimum Gasteiger partial charge on any atom is -0.458 e. The van der Waals surface area contributed by atoms with Crippen LogP contribution < -0.4 is 9.80 Å². The number of fused-ring (bicyclic) bond motifs is 1. The number of aromatic nitrogens is 2. The monoisotopic (exact) mass is 432 g/mol. The first kappa shape index (κ1) is 22.1. The van der Waals surface area contributed by atoms with Gasteiger partial charge in [0.1, 0.15) is 0 Å². The molecule has 0 bridgehead atoms. The maximum Gasteiger partial charge on any atom is 0.361 e. The molecule has 3 aromatic rings. The summed E-state index contributed by atoms with van der Waals surface area (Å²) in [5, 5.41) is 0. The van der Waals surface area contributed by atoms with Crippen molar-refractivity contribution in [1.29, 1.82) is 0 Å². The third-order valence-corrected chi connectivity index (χ3v) is 6.07. The van der Waals surface area contributed by atoms with Crippen LogP contribution in [0, 0.1) is 27.7 Å². The topological polar surface area (TPSA) is 58.6 Å². The van der Waals surface area contributed by atoms with E-state index in [1.54, 1.807) is 0 Å². The largest absolute Gasteiger partial charge is 0.458 e. The normalized spacial score (nSPS) is 14.3. The summed E-state index contributed by atoms with van der Waals surface area (Å²) in [5.41, 5.74) is 7.95. The van der Waals surface area contributed by atoms with Gasteiger partial charge in [0.25, 0.3) is 0 Å². The van der Waals surface area contributed by atoms with Crippen molar-refractivity contribution in [2.24, 2.45) is 0 Å². The molecule has 2 heterocycles. The first-order valence-corrected chi connectivity index (χ1v) is 11.3. The molecule has 1 saturated heterocycles. The highest BCUT2D eigenvalue weighted by Gasteiger charge is 2.27. The number of esters is 1. The molecule has 4 rings (SSSR count). The summed E-state index contributed by atoms with van der Waals surface area (Å²) in [7, 11) is 0. The van der Waals surface area contributed by atoms with Crippen LogP contribution in [-0.4, -0.2) is 48.2 Å². The first-order valence-electron chi connectivity index (χ1n) is 11.3. The summed E-state index contributed by atoms with van der Waals surface area (Å²) >= 11 is 0. The molecule has 0 aliphatic carbocycles. The first-order chi connectivity index (χ1) is 15.2. The van der Waals surface area contributed by atoms with Crippen LogP contribution in [0.1, 0.15) is 46.6 Å². The standard InChI is InChI=1S/C26H32N4O2/c1-16(2)32-26(31)24-25(28-22-15-19(5)18(4)14-21(22)27-24)30-11-9-29(10-12-30)23-8-7-17(3)13-20(23)6/h7-8,13-16H,9-12H2,1-6H3. The van der Waals surface area contributed by atoms with E-state index in [9.17, 15) is 4.79 Å². The van der Waals surface area contributed by atoms with E-state index in [0.29, 0.717) is 11.5 Å². The van der Waals surface area contributed by atoms with Gasteiger partial charge in [-0.1, -0.05) is 17.7 Å². The van der Waals surface area contributed by atoms with E-state index in [0.717, 1.165) is 48.3 Å². The average molecular weight is 433 g/mol. The number of anilines is 2. The van der Waals surface area contributed by atoms with E-state index in [1.165, 1.54) is 16.8 Å². The Kier molecular flexibility index (Phi) is 6.04. The Morgan fingerprint density at radius 2 is 1.44 bits per heavy atom. The van der Waals surface area contributed by atoms with Gasteiger partial charge in [0.15, 0.2) is 11.5 Å². The number of carbonyl (C=O) groups is 1. The molecular weight excluding hydrogens is 400 g/mol. The number of benzene rings is 2. The predicted molar refractivity (Wildman–Crippen MR) is 130 cm³/mol. The number of hydrogen-bond acceptors (Lipinski definition) is 6. The number of piperazine rings is 1. The third kappa shape index (κ3) is 4.40. The second kappa shape index (κ2) is 8.77. The van der Waals surface area contributed by atoms with Crippen LogP contribution in [-0.2, 0) is 4.74 Å². The number of carbonyl (C=O) groups excluding carboxylic acids is 1. The zero-order valence-electron chi connectivity index (χ0n) is 19.9. The van der Waals surface area contributed by atoms with Gasteiger partial charge in [-0.25, -0.2) is 14.8 Å². The minimum atomic E-state index is -0.417. The molecular formula is C26H32N4O2. The summed E-state index contributed by atoms with van der Waals surface area (Å²) < 4.78 is 5.51. The SMILES string of the molecule is Cc1ccc(N2CCN(c3nc4cc(C)c(C)cc4nc3C(=O)OC(C)C)CC2)c(C)c1. The molecule has 0 unspecified atom stereocenters. The van der Waals surface area contributed by atoms with E-state index in [4.69, 9.17) is 14.7 Å². The third-order valence-electron chi connectivity index (χ3n) is 6.07. The van der Waals surface area contributed by atoms with Crippen LogP contribution in [0.2, 0.25) is 0 Å². The fraction of sp³-hybridized carbons (Fsp3) is 0.423. The number of rotatable bonds is 4. The highest BCUT2D eigenvalue weighted by Crippen LogP contribution is 2.27. The van der Waals surface area contributed by atoms with Gasteiger partial charge in [-0.3, -0.25) is 0 Å². The van der Waals surface area contributed by atoms with Gasteiger partial charge in [0, 0.05) is 31.9 Å². The van der Waals surface area contributed by atoms with Gasteiger partial charge in [-0.05, 0) is 76.4 Å². The van der Waals surface area contributed by atoms with Gasteiger partial charge in [0.2, 0.25) is 0 Å². The molecule has 0 saturated carbocycles. The van der Waals surface area contributed by atoms with Crippen molar-refractivity contribution >= 4 is 28.5 Å². The fourth-order valence-electron chi connectivity index (χ4n) is 4.25. The van der Waals surface area contributed by atoms with Gasteiger partial charge >= 0.3 is 5.97 Å².